The molecule has 1 amide bonds. The lowest BCUT2D eigenvalue weighted by molar-refractivity contribution is -0.122. The first-order valence-corrected chi connectivity index (χ1v) is 8.10. The first kappa shape index (κ1) is 18.0. The van der Waals surface area contributed by atoms with Gasteiger partial charge in [-0.1, -0.05) is 12.1 Å². The maximum Gasteiger partial charge on any atom is 0.220 e. The third-order valence-corrected chi connectivity index (χ3v) is 4.05. The highest BCUT2D eigenvalue weighted by Crippen LogP contribution is 2.20. The number of aliphatic hydroxyl groups is 1. The fourth-order valence-corrected chi connectivity index (χ4v) is 2.54. The number of rotatable bonds is 8. The van der Waals surface area contributed by atoms with Crippen LogP contribution in [0.15, 0.2) is 36.7 Å². The van der Waals surface area contributed by atoms with Crippen LogP contribution in [0.3, 0.4) is 0 Å². The largest absolute Gasteiger partial charge is 0.497 e. The van der Waals surface area contributed by atoms with Crippen LogP contribution in [-0.4, -0.2) is 33.7 Å². The lowest BCUT2D eigenvalue weighted by Crippen LogP contribution is -2.37. The Balaban J connectivity index is 1.78. The third-order valence-electron chi connectivity index (χ3n) is 4.05. The molecule has 6 heteroatoms. The second kappa shape index (κ2) is 8.49. The summed E-state index contributed by atoms with van der Waals surface area (Å²) >= 11 is 0. The molecule has 130 valence electrons. The summed E-state index contributed by atoms with van der Waals surface area (Å²) in [6.45, 7) is 4.49. The summed E-state index contributed by atoms with van der Waals surface area (Å²) in [6, 6.07) is 6.82. The second-order valence-corrected chi connectivity index (χ2v) is 5.85. The van der Waals surface area contributed by atoms with Crippen LogP contribution in [-0.2, 0) is 11.3 Å². The van der Waals surface area contributed by atoms with Crippen molar-refractivity contribution in [3.8, 4) is 5.75 Å². The molecule has 1 aromatic carbocycles. The van der Waals surface area contributed by atoms with Crippen LogP contribution in [0.4, 0.5) is 0 Å². The van der Waals surface area contributed by atoms with Gasteiger partial charge in [0.25, 0.3) is 0 Å². The van der Waals surface area contributed by atoms with Crippen LogP contribution in [0.1, 0.15) is 37.3 Å². The van der Waals surface area contributed by atoms with Crippen molar-refractivity contribution in [1.82, 2.24) is 14.9 Å². The Morgan fingerprint density at radius 1 is 1.38 bits per heavy atom. The summed E-state index contributed by atoms with van der Waals surface area (Å²) in [4.78, 5) is 16.2. The number of amides is 1. The van der Waals surface area contributed by atoms with E-state index in [2.05, 4.69) is 10.3 Å². The standard InChI is InChI=1S/C18H25N3O3/c1-13(18(23)15-6-8-16(24-3)9-7-15)20-17(22)5-4-11-21-12-10-19-14(21)2/h6-10,12-13,18,23H,4-5,11H2,1-3H3,(H,20,22). The van der Waals surface area contributed by atoms with Gasteiger partial charge in [0, 0.05) is 25.4 Å². The molecule has 2 aromatic rings. The van der Waals surface area contributed by atoms with E-state index in [1.54, 1.807) is 44.5 Å². The van der Waals surface area contributed by atoms with E-state index in [1.165, 1.54) is 0 Å². The van der Waals surface area contributed by atoms with E-state index in [-0.39, 0.29) is 11.9 Å². The number of benzene rings is 1. The molecule has 0 aliphatic heterocycles. The summed E-state index contributed by atoms with van der Waals surface area (Å²) in [6.07, 6.45) is 4.05. The van der Waals surface area contributed by atoms with Crippen molar-refractivity contribution in [3.05, 3.63) is 48.0 Å². The van der Waals surface area contributed by atoms with Crippen LogP contribution in [0.2, 0.25) is 0 Å². The molecule has 0 bridgehead atoms. The average Bonchev–Trinajstić information content (AvgIpc) is 2.99. The molecular weight excluding hydrogens is 306 g/mol. The zero-order chi connectivity index (χ0) is 17.5. The summed E-state index contributed by atoms with van der Waals surface area (Å²) in [5.74, 6) is 1.61. The Kier molecular flexibility index (Phi) is 6.37. The normalized spacial score (nSPS) is 13.3. The number of aliphatic hydroxyl groups excluding tert-OH is 1. The van der Waals surface area contributed by atoms with Crippen molar-refractivity contribution >= 4 is 5.91 Å². The molecule has 6 nitrogen and oxygen atoms in total. The minimum absolute atomic E-state index is 0.0622. The Hall–Kier alpha value is -2.34. The van der Waals surface area contributed by atoms with E-state index in [4.69, 9.17) is 4.74 Å². The van der Waals surface area contributed by atoms with Crippen molar-refractivity contribution < 1.29 is 14.6 Å². The van der Waals surface area contributed by atoms with Gasteiger partial charge < -0.3 is 19.7 Å². The van der Waals surface area contributed by atoms with Gasteiger partial charge in [-0.2, -0.15) is 0 Å². The number of imidazole rings is 1. The molecule has 2 unspecified atom stereocenters. The van der Waals surface area contributed by atoms with Gasteiger partial charge in [0.2, 0.25) is 5.91 Å². The van der Waals surface area contributed by atoms with Crippen LogP contribution < -0.4 is 10.1 Å². The predicted octanol–water partition coefficient (Wildman–Crippen LogP) is 2.22. The lowest BCUT2D eigenvalue weighted by Gasteiger charge is -2.21. The third kappa shape index (κ3) is 4.83. The van der Waals surface area contributed by atoms with Crippen molar-refractivity contribution in [2.45, 2.75) is 45.4 Å². The highest BCUT2D eigenvalue weighted by molar-refractivity contribution is 5.76. The number of ether oxygens (including phenoxy) is 1. The molecule has 24 heavy (non-hydrogen) atoms. The van der Waals surface area contributed by atoms with Gasteiger partial charge in [-0.25, -0.2) is 4.98 Å². The van der Waals surface area contributed by atoms with Crippen LogP contribution >= 0.6 is 0 Å². The van der Waals surface area contributed by atoms with Crippen molar-refractivity contribution in [2.75, 3.05) is 7.11 Å². The molecule has 2 rings (SSSR count). The first-order valence-electron chi connectivity index (χ1n) is 8.10. The SMILES string of the molecule is COc1ccc(C(O)C(C)NC(=O)CCCn2ccnc2C)cc1. The van der Waals surface area contributed by atoms with E-state index in [1.807, 2.05) is 17.7 Å². The minimum Gasteiger partial charge on any atom is -0.497 e. The Bertz CT molecular complexity index is 652. The average molecular weight is 331 g/mol. The number of hydrogen-bond acceptors (Lipinski definition) is 4. The van der Waals surface area contributed by atoms with Crippen molar-refractivity contribution in [3.63, 3.8) is 0 Å². The molecule has 2 N–H and O–H groups in total. The Morgan fingerprint density at radius 3 is 2.67 bits per heavy atom. The zero-order valence-corrected chi connectivity index (χ0v) is 14.4. The Labute approximate surface area is 142 Å². The summed E-state index contributed by atoms with van der Waals surface area (Å²) in [7, 11) is 1.60. The van der Waals surface area contributed by atoms with Crippen molar-refractivity contribution in [2.24, 2.45) is 0 Å². The number of methoxy groups -OCH3 is 1. The molecule has 1 aromatic heterocycles. The Morgan fingerprint density at radius 2 is 2.08 bits per heavy atom. The van der Waals surface area contributed by atoms with Gasteiger partial charge in [0.1, 0.15) is 11.6 Å². The molecule has 2 atom stereocenters. The van der Waals surface area contributed by atoms with E-state index in [0.29, 0.717) is 6.42 Å². The molecule has 0 saturated carbocycles. The van der Waals surface area contributed by atoms with Crippen LogP contribution in [0.5, 0.6) is 5.75 Å². The topological polar surface area (TPSA) is 76.4 Å². The van der Waals surface area contributed by atoms with E-state index in [9.17, 15) is 9.90 Å². The number of carbonyl (C=O) groups excluding carboxylic acids is 1. The smallest absolute Gasteiger partial charge is 0.220 e. The maximum absolute atomic E-state index is 12.0. The fourth-order valence-electron chi connectivity index (χ4n) is 2.54. The minimum atomic E-state index is -0.754. The summed E-state index contributed by atoms with van der Waals surface area (Å²) < 4.78 is 7.12. The zero-order valence-electron chi connectivity index (χ0n) is 14.4. The lowest BCUT2D eigenvalue weighted by atomic mass is 10.0. The van der Waals surface area contributed by atoms with Gasteiger partial charge in [0.15, 0.2) is 0 Å². The molecule has 0 aliphatic rings. The van der Waals surface area contributed by atoms with Crippen LogP contribution in [0.25, 0.3) is 0 Å². The molecule has 1 heterocycles. The fraction of sp³-hybridized carbons (Fsp3) is 0.444. The number of hydrogen-bond donors (Lipinski definition) is 2. The van der Waals surface area contributed by atoms with Gasteiger partial charge in [-0.3, -0.25) is 4.79 Å². The number of nitrogens with one attached hydrogen (secondary N) is 1. The van der Waals surface area contributed by atoms with Crippen LogP contribution in [0, 0.1) is 6.92 Å². The van der Waals surface area contributed by atoms with E-state index in [0.717, 1.165) is 30.1 Å². The highest BCUT2D eigenvalue weighted by Gasteiger charge is 2.18. The first-order chi connectivity index (χ1) is 11.5. The number of aromatic nitrogens is 2. The molecule has 0 fully saturated rings. The predicted molar refractivity (Wildman–Crippen MR) is 91.8 cm³/mol. The number of carbonyl (C=O) groups is 1. The number of nitrogens with zero attached hydrogens (tertiary/aromatic N) is 2. The van der Waals surface area contributed by atoms with Gasteiger partial charge in [-0.15, -0.1) is 0 Å². The van der Waals surface area contributed by atoms with Crippen molar-refractivity contribution in [1.29, 1.82) is 0 Å². The molecule has 0 radical (unpaired) electrons. The van der Waals surface area contributed by atoms with Gasteiger partial charge >= 0.3 is 0 Å². The second-order valence-electron chi connectivity index (χ2n) is 5.85. The summed E-state index contributed by atoms with van der Waals surface area (Å²) in [5.41, 5.74) is 0.748. The van der Waals surface area contributed by atoms with Gasteiger partial charge in [0.05, 0.1) is 19.3 Å². The maximum atomic E-state index is 12.0. The highest BCUT2D eigenvalue weighted by atomic mass is 16.5. The molecule has 0 saturated heterocycles. The summed E-state index contributed by atoms with van der Waals surface area (Å²) in [5, 5.41) is 13.2. The molecule has 0 spiro atoms. The van der Waals surface area contributed by atoms with Gasteiger partial charge in [-0.05, 0) is 38.0 Å². The quantitative estimate of drug-likeness (QED) is 0.778. The molecular formula is C18H25N3O3. The monoisotopic (exact) mass is 331 g/mol. The number of aryl methyl sites for hydroxylation is 2. The van der Waals surface area contributed by atoms with E-state index < -0.39 is 6.10 Å². The van der Waals surface area contributed by atoms with E-state index >= 15 is 0 Å². The molecule has 0 aliphatic carbocycles.